The Morgan fingerprint density at radius 3 is 2.34 bits per heavy atom. The molecule has 0 aliphatic carbocycles. The van der Waals surface area contributed by atoms with Crippen molar-refractivity contribution in [1.29, 1.82) is 0 Å². The molecule has 1 heterocycles. The SMILES string of the molecule is CC(C)CC(NC(=O)Cn1nc(-c2ccccc2OS(=O)(=O)c2cccc(C(F)(F)F)c2)cc1-c1ccc(F)cc1)B(O)O. The number of nitrogens with zero attached hydrogens (tertiary/aromatic N) is 2. The number of aromatic nitrogens is 2. The number of para-hydroxylation sites is 1. The highest BCUT2D eigenvalue weighted by Crippen LogP contribution is 2.35. The molecule has 0 aliphatic rings. The summed E-state index contributed by atoms with van der Waals surface area (Å²) in [7, 11) is -6.54. The van der Waals surface area contributed by atoms with Crippen LogP contribution in [0.4, 0.5) is 17.6 Å². The monoisotopic (exact) mass is 633 g/mol. The van der Waals surface area contributed by atoms with Crippen LogP contribution in [0.15, 0.2) is 83.8 Å². The molecule has 3 aromatic carbocycles. The lowest BCUT2D eigenvalue weighted by atomic mass is 9.75. The van der Waals surface area contributed by atoms with Crippen molar-refractivity contribution in [2.24, 2.45) is 5.92 Å². The molecule has 0 saturated heterocycles. The van der Waals surface area contributed by atoms with E-state index in [1.165, 1.54) is 53.2 Å². The molecule has 1 amide bonds. The summed E-state index contributed by atoms with van der Waals surface area (Å²) in [5, 5.41) is 26.4. The molecule has 44 heavy (non-hydrogen) atoms. The van der Waals surface area contributed by atoms with E-state index in [1.54, 1.807) is 6.07 Å². The molecule has 0 radical (unpaired) electrons. The van der Waals surface area contributed by atoms with Crippen LogP contribution in [0, 0.1) is 11.7 Å². The minimum Gasteiger partial charge on any atom is -0.426 e. The average molecular weight is 633 g/mol. The number of halogens is 4. The van der Waals surface area contributed by atoms with Gasteiger partial charge in [-0.3, -0.25) is 9.48 Å². The van der Waals surface area contributed by atoms with E-state index in [4.69, 9.17) is 4.18 Å². The third-order valence-corrected chi connectivity index (χ3v) is 7.69. The van der Waals surface area contributed by atoms with E-state index in [0.717, 1.165) is 18.2 Å². The van der Waals surface area contributed by atoms with Crippen molar-refractivity contribution in [3.05, 3.63) is 90.2 Å². The topological polar surface area (TPSA) is 131 Å². The third-order valence-electron chi connectivity index (χ3n) is 6.46. The van der Waals surface area contributed by atoms with Crippen molar-refractivity contribution in [3.63, 3.8) is 0 Å². The first-order chi connectivity index (χ1) is 20.6. The summed E-state index contributed by atoms with van der Waals surface area (Å²) in [5.41, 5.74) is -0.118. The maximum absolute atomic E-state index is 13.7. The Morgan fingerprint density at radius 1 is 1.02 bits per heavy atom. The highest BCUT2D eigenvalue weighted by molar-refractivity contribution is 7.87. The fourth-order valence-corrected chi connectivity index (χ4v) is 5.41. The van der Waals surface area contributed by atoms with Gasteiger partial charge < -0.3 is 19.5 Å². The molecule has 232 valence electrons. The van der Waals surface area contributed by atoms with Crippen LogP contribution in [0.1, 0.15) is 25.8 Å². The Kier molecular flexibility index (Phi) is 9.81. The molecule has 0 spiro atoms. The molecule has 9 nitrogen and oxygen atoms in total. The zero-order valence-electron chi connectivity index (χ0n) is 23.5. The number of rotatable bonds is 11. The number of amides is 1. The van der Waals surface area contributed by atoms with E-state index in [0.29, 0.717) is 17.3 Å². The van der Waals surface area contributed by atoms with Crippen molar-refractivity contribution in [2.75, 3.05) is 0 Å². The first kappa shape index (κ1) is 32.7. The number of hydrogen-bond acceptors (Lipinski definition) is 7. The van der Waals surface area contributed by atoms with Gasteiger partial charge in [0.2, 0.25) is 5.91 Å². The number of hydrogen-bond donors (Lipinski definition) is 3. The molecule has 0 fully saturated rings. The number of carbonyl (C=O) groups excluding carboxylic acids is 1. The fraction of sp³-hybridized carbons (Fsp3) is 0.241. The van der Waals surface area contributed by atoms with Crippen LogP contribution in [0.25, 0.3) is 22.5 Å². The van der Waals surface area contributed by atoms with Gasteiger partial charge in [-0.2, -0.15) is 26.7 Å². The van der Waals surface area contributed by atoms with Gasteiger partial charge in [0.25, 0.3) is 0 Å². The van der Waals surface area contributed by atoms with Crippen LogP contribution in [0.2, 0.25) is 0 Å². The van der Waals surface area contributed by atoms with Crippen LogP contribution in [-0.2, 0) is 27.6 Å². The smallest absolute Gasteiger partial charge is 0.426 e. The quantitative estimate of drug-likeness (QED) is 0.124. The summed E-state index contributed by atoms with van der Waals surface area (Å²) in [6, 6.07) is 15.7. The van der Waals surface area contributed by atoms with Crippen molar-refractivity contribution in [1.82, 2.24) is 15.1 Å². The number of alkyl halides is 3. The largest absolute Gasteiger partial charge is 0.475 e. The maximum atomic E-state index is 13.7. The molecule has 4 rings (SSSR count). The first-order valence-corrected chi connectivity index (χ1v) is 14.8. The van der Waals surface area contributed by atoms with Crippen LogP contribution < -0.4 is 9.50 Å². The summed E-state index contributed by atoms with van der Waals surface area (Å²) in [6.07, 6.45) is -4.49. The fourth-order valence-electron chi connectivity index (χ4n) is 4.42. The molecule has 0 saturated carbocycles. The lowest BCUT2D eigenvalue weighted by Crippen LogP contribution is -2.48. The normalized spacial score (nSPS) is 12.7. The highest BCUT2D eigenvalue weighted by atomic mass is 32.2. The lowest BCUT2D eigenvalue weighted by Gasteiger charge is -2.20. The molecule has 0 bridgehead atoms. The van der Waals surface area contributed by atoms with Gasteiger partial charge in [0.1, 0.15) is 17.3 Å². The zero-order chi connectivity index (χ0) is 32.2. The Morgan fingerprint density at radius 2 is 1.70 bits per heavy atom. The summed E-state index contributed by atoms with van der Waals surface area (Å²) in [4.78, 5) is 12.3. The van der Waals surface area contributed by atoms with Gasteiger partial charge in [-0.25, -0.2) is 4.39 Å². The standard InChI is InChI=1S/C29H28BF4N3O6S/c1-18(2)14-27(30(39)40)35-28(38)17-37-25(19-10-12-21(31)13-11-19)16-24(36-37)23-8-3-4-9-26(23)43-44(41,42)22-7-5-6-20(15-22)29(32,33)34/h3-13,15-16,18,27,39-40H,14,17H2,1-2H3,(H,35,38). The van der Waals surface area contributed by atoms with Gasteiger partial charge in [-0.05, 0) is 73.0 Å². The van der Waals surface area contributed by atoms with Crippen molar-refractivity contribution in [2.45, 2.75) is 43.8 Å². The van der Waals surface area contributed by atoms with Crippen molar-refractivity contribution < 1.29 is 45.0 Å². The molecule has 4 aromatic rings. The van der Waals surface area contributed by atoms with Gasteiger partial charge in [-0.15, -0.1) is 0 Å². The maximum Gasteiger partial charge on any atom is 0.475 e. The van der Waals surface area contributed by atoms with Gasteiger partial charge in [-0.1, -0.05) is 32.0 Å². The second-order valence-corrected chi connectivity index (χ2v) is 11.9. The van der Waals surface area contributed by atoms with Gasteiger partial charge in [0.15, 0.2) is 5.75 Å². The van der Waals surface area contributed by atoms with Crippen LogP contribution in [0.3, 0.4) is 0 Å². The van der Waals surface area contributed by atoms with E-state index in [-0.39, 0.29) is 29.3 Å². The molecular weight excluding hydrogens is 605 g/mol. The molecule has 1 aromatic heterocycles. The van der Waals surface area contributed by atoms with Crippen LogP contribution >= 0.6 is 0 Å². The lowest BCUT2D eigenvalue weighted by molar-refractivity contribution is -0.137. The Hall–Kier alpha value is -4.21. The van der Waals surface area contributed by atoms with Crippen LogP contribution in [-0.4, -0.2) is 47.2 Å². The molecule has 3 N–H and O–H groups in total. The summed E-state index contributed by atoms with van der Waals surface area (Å²) in [6.45, 7) is 3.29. The van der Waals surface area contributed by atoms with E-state index < -0.39 is 58.1 Å². The second kappa shape index (κ2) is 13.2. The van der Waals surface area contributed by atoms with E-state index in [9.17, 15) is 40.8 Å². The minimum absolute atomic E-state index is 0.0388. The minimum atomic E-state index is -4.77. The first-order valence-electron chi connectivity index (χ1n) is 13.3. The molecule has 15 heteroatoms. The number of benzene rings is 3. The number of carbonyl (C=O) groups is 1. The summed E-state index contributed by atoms with van der Waals surface area (Å²) < 4.78 is 85.9. The Balaban J connectivity index is 1.71. The molecule has 0 aliphatic heterocycles. The third kappa shape index (κ3) is 8.04. The molecular formula is C29H28BF4N3O6S. The summed E-state index contributed by atoms with van der Waals surface area (Å²) in [5.74, 6) is -2.29. The second-order valence-electron chi connectivity index (χ2n) is 10.4. The van der Waals surface area contributed by atoms with E-state index >= 15 is 0 Å². The van der Waals surface area contributed by atoms with Gasteiger partial charge in [0.05, 0.1) is 22.9 Å². The van der Waals surface area contributed by atoms with Gasteiger partial charge in [0, 0.05) is 11.1 Å². The Bertz CT molecular complexity index is 1730. The molecule has 1 atom stereocenters. The number of nitrogens with one attached hydrogen (secondary N) is 1. The summed E-state index contributed by atoms with van der Waals surface area (Å²) >= 11 is 0. The predicted octanol–water partition coefficient (Wildman–Crippen LogP) is 4.69. The van der Waals surface area contributed by atoms with Crippen molar-refractivity contribution >= 4 is 23.1 Å². The van der Waals surface area contributed by atoms with Gasteiger partial charge >= 0.3 is 23.4 Å². The Labute approximate surface area is 251 Å². The van der Waals surface area contributed by atoms with Crippen molar-refractivity contribution in [3.8, 4) is 28.3 Å². The average Bonchev–Trinajstić information content (AvgIpc) is 3.35. The highest BCUT2D eigenvalue weighted by Gasteiger charge is 2.32. The molecule has 1 unspecified atom stereocenters. The van der Waals surface area contributed by atoms with Crippen LogP contribution in [0.5, 0.6) is 5.75 Å². The van der Waals surface area contributed by atoms with E-state index in [1.807, 2.05) is 13.8 Å². The zero-order valence-corrected chi connectivity index (χ0v) is 24.3. The van der Waals surface area contributed by atoms with E-state index in [2.05, 4.69) is 10.4 Å². The predicted molar refractivity (Wildman–Crippen MR) is 154 cm³/mol.